The van der Waals surface area contributed by atoms with Gasteiger partial charge in [0, 0.05) is 0 Å². The van der Waals surface area contributed by atoms with E-state index in [1.807, 2.05) is 0 Å². The van der Waals surface area contributed by atoms with Gasteiger partial charge in [-0.3, -0.25) is 0 Å². The minimum absolute atomic E-state index is 0.651. The first-order valence-corrected chi connectivity index (χ1v) is 10.1. The van der Waals surface area contributed by atoms with Crippen molar-refractivity contribution in [2.24, 2.45) is 52.8 Å². The van der Waals surface area contributed by atoms with E-state index in [4.69, 9.17) is 0 Å². The van der Waals surface area contributed by atoms with Gasteiger partial charge in [-0.25, -0.2) is 0 Å². The molecule has 118 valence electrons. The fourth-order valence-electron chi connectivity index (χ4n) is 7.52. The van der Waals surface area contributed by atoms with Gasteiger partial charge in [0.1, 0.15) is 0 Å². The average Bonchev–Trinajstić information content (AvgIpc) is 3.29. The highest BCUT2D eigenvalue weighted by Gasteiger charge is 2.70. The largest absolute Gasteiger partial charge is 0.0596 e. The summed E-state index contributed by atoms with van der Waals surface area (Å²) in [7, 11) is 0. The summed E-state index contributed by atoms with van der Waals surface area (Å²) < 4.78 is 0. The van der Waals surface area contributed by atoms with Gasteiger partial charge in [-0.05, 0) is 84.9 Å². The van der Waals surface area contributed by atoms with Crippen LogP contribution in [0.5, 0.6) is 0 Å². The Morgan fingerprint density at radius 2 is 1.29 bits per heavy atom. The molecule has 0 heteroatoms. The molecule has 0 aromatic heterocycles. The van der Waals surface area contributed by atoms with Crippen LogP contribution >= 0.6 is 0 Å². The third kappa shape index (κ3) is 2.07. The molecule has 0 aliphatic heterocycles. The van der Waals surface area contributed by atoms with Crippen LogP contribution in [0.2, 0.25) is 0 Å². The van der Waals surface area contributed by atoms with Crippen molar-refractivity contribution in [3.8, 4) is 0 Å². The molecular weight excluding hydrogens is 252 g/mol. The number of hydrogen-bond acceptors (Lipinski definition) is 0. The van der Waals surface area contributed by atoms with Crippen molar-refractivity contribution in [2.75, 3.05) is 0 Å². The second-order valence-electron chi connectivity index (χ2n) is 10.3. The molecule has 0 nitrogen and oxygen atoms in total. The van der Waals surface area contributed by atoms with Crippen LogP contribution in [0.15, 0.2) is 0 Å². The van der Waals surface area contributed by atoms with E-state index < -0.39 is 0 Å². The minimum Gasteiger partial charge on any atom is -0.0596 e. The maximum atomic E-state index is 2.63. The maximum Gasteiger partial charge on any atom is -0.0313 e. The lowest BCUT2D eigenvalue weighted by molar-refractivity contribution is 0.156. The van der Waals surface area contributed by atoms with E-state index in [0.29, 0.717) is 5.41 Å². The van der Waals surface area contributed by atoms with E-state index >= 15 is 0 Å². The van der Waals surface area contributed by atoms with Gasteiger partial charge in [-0.2, -0.15) is 0 Å². The average molecular weight is 287 g/mol. The summed E-state index contributed by atoms with van der Waals surface area (Å²) in [5.74, 6) is 9.28. The predicted molar refractivity (Wildman–Crippen MR) is 87.9 cm³/mol. The monoisotopic (exact) mass is 286 g/mol. The van der Waals surface area contributed by atoms with Crippen LogP contribution < -0.4 is 0 Å². The zero-order valence-corrected chi connectivity index (χ0v) is 14.2. The molecule has 5 aliphatic rings. The second-order valence-corrected chi connectivity index (χ2v) is 10.3. The van der Waals surface area contributed by atoms with E-state index in [0.717, 1.165) is 29.6 Å². The van der Waals surface area contributed by atoms with Gasteiger partial charge in [0.25, 0.3) is 0 Å². The van der Waals surface area contributed by atoms with E-state index in [-0.39, 0.29) is 0 Å². The smallest absolute Gasteiger partial charge is 0.0313 e. The lowest BCUT2D eigenvalue weighted by Crippen LogP contribution is -2.25. The molecule has 0 saturated heterocycles. The van der Waals surface area contributed by atoms with Crippen LogP contribution in [0.1, 0.15) is 78.1 Å². The van der Waals surface area contributed by atoms with Gasteiger partial charge in [-0.1, -0.05) is 46.0 Å². The number of rotatable bonds is 0. The van der Waals surface area contributed by atoms with Crippen molar-refractivity contribution in [2.45, 2.75) is 78.1 Å². The van der Waals surface area contributed by atoms with Crippen molar-refractivity contribution in [1.29, 1.82) is 0 Å². The molecule has 5 rings (SSSR count). The molecule has 0 aromatic rings. The Morgan fingerprint density at radius 1 is 0.619 bits per heavy atom. The van der Waals surface area contributed by atoms with Crippen molar-refractivity contribution >= 4 is 0 Å². The van der Waals surface area contributed by atoms with E-state index in [2.05, 4.69) is 13.8 Å². The Morgan fingerprint density at radius 3 is 2.10 bits per heavy atom. The number of fused-ring (bicyclic) bond motifs is 1. The molecule has 0 bridgehead atoms. The third-order valence-electron chi connectivity index (χ3n) is 8.79. The summed E-state index contributed by atoms with van der Waals surface area (Å²) in [6.07, 6.45) is 15.7. The fourth-order valence-corrected chi connectivity index (χ4v) is 7.52. The molecule has 0 radical (unpaired) electrons. The molecule has 5 aliphatic carbocycles. The van der Waals surface area contributed by atoms with Gasteiger partial charge in [0.2, 0.25) is 0 Å². The summed E-state index contributed by atoms with van der Waals surface area (Å²) >= 11 is 0. The Labute approximate surface area is 131 Å². The Kier molecular flexibility index (Phi) is 2.89. The lowest BCUT2D eigenvalue weighted by atomic mass is 9.71. The molecule has 0 aromatic carbocycles. The third-order valence-corrected chi connectivity index (χ3v) is 8.79. The molecule has 21 heavy (non-hydrogen) atoms. The van der Waals surface area contributed by atoms with E-state index in [1.54, 1.807) is 57.8 Å². The molecule has 8 atom stereocenters. The van der Waals surface area contributed by atoms with Crippen molar-refractivity contribution in [3.63, 3.8) is 0 Å². The van der Waals surface area contributed by atoms with Crippen LogP contribution in [0.4, 0.5) is 0 Å². The molecule has 0 amide bonds. The van der Waals surface area contributed by atoms with Crippen molar-refractivity contribution in [3.05, 3.63) is 0 Å². The van der Waals surface area contributed by atoms with Crippen LogP contribution in [-0.4, -0.2) is 0 Å². The van der Waals surface area contributed by atoms with Crippen LogP contribution in [-0.2, 0) is 0 Å². The molecule has 0 N–H and O–H groups in total. The Hall–Kier alpha value is 0. The Balaban J connectivity index is 1.35. The topological polar surface area (TPSA) is 0 Å². The highest BCUT2D eigenvalue weighted by Crippen LogP contribution is 2.76. The summed E-state index contributed by atoms with van der Waals surface area (Å²) in [6.45, 7) is 5.27. The van der Waals surface area contributed by atoms with Crippen LogP contribution in [0.25, 0.3) is 0 Å². The van der Waals surface area contributed by atoms with Gasteiger partial charge in [-0.15, -0.1) is 0 Å². The minimum atomic E-state index is 0.651. The first kappa shape index (κ1) is 13.4. The van der Waals surface area contributed by atoms with Gasteiger partial charge in [0.15, 0.2) is 0 Å². The molecule has 8 unspecified atom stereocenters. The zero-order valence-electron chi connectivity index (χ0n) is 14.2. The lowest BCUT2D eigenvalue weighted by Gasteiger charge is -2.34. The maximum absolute atomic E-state index is 2.63. The predicted octanol–water partition coefficient (Wildman–Crippen LogP) is 5.91. The van der Waals surface area contributed by atoms with E-state index in [1.165, 1.54) is 24.2 Å². The number of hydrogen-bond donors (Lipinski definition) is 0. The zero-order chi connectivity index (χ0) is 14.2. The quantitative estimate of drug-likeness (QED) is 0.519. The summed E-state index contributed by atoms with van der Waals surface area (Å²) in [4.78, 5) is 0. The first-order chi connectivity index (χ1) is 10.1. The van der Waals surface area contributed by atoms with Crippen LogP contribution in [0, 0.1) is 52.8 Å². The first-order valence-electron chi connectivity index (χ1n) is 10.1. The molecule has 5 saturated carbocycles. The van der Waals surface area contributed by atoms with E-state index in [9.17, 15) is 0 Å². The van der Waals surface area contributed by atoms with Gasteiger partial charge < -0.3 is 0 Å². The summed E-state index contributed by atoms with van der Waals surface area (Å²) in [5.41, 5.74) is 0.651. The molecular formula is C21H34. The van der Waals surface area contributed by atoms with Gasteiger partial charge >= 0.3 is 0 Å². The van der Waals surface area contributed by atoms with Crippen LogP contribution in [0.3, 0.4) is 0 Å². The summed E-state index contributed by atoms with van der Waals surface area (Å²) in [5, 5.41) is 0. The summed E-state index contributed by atoms with van der Waals surface area (Å²) in [6, 6.07) is 0. The molecule has 0 spiro atoms. The Bertz CT molecular complexity index is 422. The molecule has 0 heterocycles. The van der Waals surface area contributed by atoms with Crippen molar-refractivity contribution in [1.82, 2.24) is 0 Å². The van der Waals surface area contributed by atoms with Crippen molar-refractivity contribution < 1.29 is 0 Å². The normalized spacial score (nSPS) is 57.4. The SMILES string of the molecule is CC1(C)CCC2CC2CCCCCC2CC3CC1C1C2C31. The standard InChI is InChI=1S/C21H34/c1-21(2)9-8-14-10-13(14)6-4-3-5-7-15-11-16-12-17(21)20-18(15)19(16)20/h13-20H,3-12H2,1-2H3. The van der Waals surface area contributed by atoms with Gasteiger partial charge in [0.05, 0.1) is 0 Å². The highest BCUT2D eigenvalue weighted by molar-refractivity contribution is 5.18. The highest BCUT2D eigenvalue weighted by atomic mass is 14.7. The fraction of sp³-hybridized carbons (Fsp3) is 1.00. The molecule has 5 fully saturated rings. The second kappa shape index (κ2) is 4.51.